The molecule has 0 radical (unpaired) electrons. The van der Waals surface area contributed by atoms with E-state index in [-0.39, 0.29) is 11.9 Å². The Bertz CT molecular complexity index is 396. The number of rotatable bonds is 3. The minimum atomic E-state index is 0.212. The highest BCUT2D eigenvalue weighted by Crippen LogP contribution is 2.30. The first kappa shape index (κ1) is 11.2. The molecule has 0 saturated carbocycles. The van der Waals surface area contributed by atoms with Crippen molar-refractivity contribution in [1.82, 2.24) is 0 Å². The van der Waals surface area contributed by atoms with Crippen LogP contribution in [0.15, 0.2) is 18.2 Å². The fourth-order valence-electron chi connectivity index (χ4n) is 2.06. The summed E-state index contributed by atoms with van der Waals surface area (Å²) in [6.07, 6.45) is 3.79. The van der Waals surface area contributed by atoms with E-state index in [1.165, 1.54) is 0 Å². The van der Waals surface area contributed by atoms with E-state index in [2.05, 4.69) is 13.8 Å². The topological polar surface area (TPSA) is 26.3 Å². The fourth-order valence-corrected chi connectivity index (χ4v) is 2.06. The molecule has 16 heavy (non-hydrogen) atoms. The van der Waals surface area contributed by atoms with Crippen LogP contribution in [0.25, 0.3) is 0 Å². The van der Waals surface area contributed by atoms with Gasteiger partial charge in [-0.15, -0.1) is 0 Å². The van der Waals surface area contributed by atoms with Gasteiger partial charge in [-0.05, 0) is 32.3 Å². The van der Waals surface area contributed by atoms with Crippen LogP contribution in [0, 0.1) is 0 Å². The van der Waals surface area contributed by atoms with Gasteiger partial charge in [0.1, 0.15) is 5.75 Å². The molecule has 2 nitrogen and oxygen atoms in total. The van der Waals surface area contributed by atoms with Crippen LogP contribution in [-0.2, 0) is 6.42 Å². The van der Waals surface area contributed by atoms with Crippen molar-refractivity contribution in [1.29, 1.82) is 0 Å². The summed E-state index contributed by atoms with van der Waals surface area (Å²) in [5.74, 6) is 1.16. The average molecular weight is 218 g/mol. The van der Waals surface area contributed by atoms with Crippen molar-refractivity contribution < 1.29 is 9.53 Å². The quantitative estimate of drug-likeness (QED) is 0.777. The van der Waals surface area contributed by atoms with Gasteiger partial charge in [-0.3, -0.25) is 4.79 Å². The SMILES string of the molecule is CCC(C)Oc1cccc2c1CCCC2=O. The summed E-state index contributed by atoms with van der Waals surface area (Å²) >= 11 is 0. The lowest BCUT2D eigenvalue weighted by Gasteiger charge is -2.21. The largest absolute Gasteiger partial charge is 0.490 e. The summed E-state index contributed by atoms with van der Waals surface area (Å²) in [5.41, 5.74) is 1.98. The molecule has 1 aliphatic carbocycles. The molecule has 2 rings (SSSR count). The molecule has 1 unspecified atom stereocenters. The molecule has 0 aromatic heterocycles. The lowest BCUT2D eigenvalue weighted by atomic mass is 9.90. The normalized spacial score (nSPS) is 16.8. The highest BCUT2D eigenvalue weighted by Gasteiger charge is 2.20. The second kappa shape index (κ2) is 4.69. The lowest BCUT2D eigenvalue weighted by Crippen LogP contribution is -2.16. The highest BCUT2D eigenvalue weighted by atomic mass is 16.5. The van der Waals surface area contributed by atoms with Crippen molar-refractivity contribution in [3.05, 3.63) is 29.3 Å². The molecule has 0 amide bonds. The number of benzene rings is 1. The third-order valence-corrected chi connectivity index (χ3v) is 3.17. The monoisotopic (exact) mass is 218 g/mol. The molecule has 0 bridgehead atoms. The number of fused-ring (bicyclic) bond motifs is 1. The standard InChI is InChI=1S/C14H18O2/c1-3-10(2)16-14-9-5-6-11-12(14)7-4-8-13(11)15/h5-6,9-10H,3-4,7-8H2,1-2H3. The first-order chi connectivity index (χ1) is 7.72. The Morgan fingerprint density at radius 1 is 1.38 bits per heavy atom. The molecule has 1 atom stereocenters. The van der Waals surface area contributed by atoms with E-state index in [9.17, 15) is 4.79 Å². The van der Waals surface area contributed by atoms with Crippen LogP contribution in [0.1, 0.15) is 49.0 Å². The Hall–Kier alpha value is -1.31. The molecule has 86 valence electrons. The summed E-state index contributed by atoms with van der Waals surface area (Å²) < 4.78 is 5.86. The number of carbonyl (C=O) groups excluding carboxylic acids is 1. The summed E-state index contributed by atoms with van der Waals surface area (Å²) in [4.78, 5) is 11.7. The zero-order valence-corrected chi connectivity index (χ0v) is 9.95. The molecule has 1 aromatic carbocycles. The van der Waals surface area contributed by atoms with Crippen LogP contribution >= 0.6 is 0 Å². The third kappa shape index (κ3) is 2.11. The Balaban J connectivity index is 2.32. The number of carbonyl (C=O) groups is 1. The average Bonchev–Trinajstić information content (AvgIpc) is 2.30. The van der Waals surface area contributed by atoms with E-state index in [4.69, 9.17) is 4.74 Å². The van der Waals surface area contributed by atoms with Gasteiger partial charge in [0.05, 0.1) is 6.10 Å². The second-order valence-electron chi connectivity index (χ2n) is 4.40. The predicted molar refractivity (Wildman–Crippen MR) is 64.1 cm³/mol. The maximum Gasteiger partial charge on any atom is 0.163 e. The van der Waals surface area contributed by atoms with Crippen molar-refractivity contribution in [3.63, 3.8) is 0 Å². The minimum Gasteiger partial charge on any atom is -0.490 e. The van der Waals surface area contributed by atoms with E-state index in [1.807, 2.05) is 18.2 Å². The van der Waals surface area contributed by atoms with Crippen LogP contribution in [0.2, 0.25) is 0 Å². The van der Waals surface area contributed by atoms with Crippen LogP contribution in [0.3, 0.4) is 0 Å². The molecule has 2 heteroatoms. The molecule has 0 spiro atoms. The number of hydrogen-bond donors (Lipinski definition) is 0. The summed E-state index contributed by atoms with van der Waals surface area (Å²) in [7, 11) is 0. The van der Waals surface area contributed by atoms with Crippen molar-refractivity contribution in [3.8, 4) is 5.75 Å². The number of hydrogen-bond acceptors (Lipinski definition) is 2. The first-order valence-corrected chi connectivity index (χ1v) is 6.04. The molecule has 1 aliphatic rings. The molecule has 0 heterocycles. The van der Waals surface area contributed by atoms with Crippen LogP contribution in [0.5, 0.6) is 5.75 Å². The van der Waals surface area contributed by atoms with E-state index >= 15 is 0 Å². The van der Waals surface area contributed by atoms with Gasteiger partial charge in [0.25, 0.3) is 0 Å². The smallest absolute Gasteiger partial charge is 0.163 e. The molecule has 0 saturated heterocycles. The Labute approximate surface area is 96.6 Å². The predicted octanol–water partition coefficient (Wildman–Crippen LogP) is 3.38. The fraction of sp³-hybridized carbons (Fsp3) is 0.500. The van der Waals surface area contributed by atoms with Gasteiger partial charge in [0.15, 0.2) is 5.78 Å². The first-order valence-electron chi connectivity index (χ1n) is 6.04. The van der Waals surface area contributed by atoms with Crippen LogP contribution in [-0.4, -0.2) is 11.9 Å². The summed E-state index contributed by atoms with van der Waals surface area (Å²) in [5, 5.41) is 0. The Kier molecular flexibility index (Phi) is 3.28. The molecule has 0 aliphatic heterocycles. The van der Waals surface area contributed by atoms with E-state index in [0.717, 1.165) is 36.1 Å². The minimum absolute atomic E-state index is 0.212. The van der Waals surface area contributed by atoms with Gasteiger partial charge in [0.2, 0.25) is 0 Å². The van der Waals surface area contributed by atoms with Crippen molar-refractivity contribution in [2.45, 2.75) is 45.6 Å². The zero-order chi connectivity index (χ0) is 11.5. The van der Waals surface area contributed by atoms with E-state index in [0.29, 0.717) is 6.42 Å². The molecular weight excluding hydrogens is 200 g/mol. The third-order valence-electron chi connectivity index (χ3n) is 3.17. The molecular formula is C14H18O2. The number of Topliss-reactive ketones (excluding diaryl/α,β-unsaturated/α-hetero) is 1. The van der Waals surface area contributed by atoms with Gasteiger partial charge in [0, 0.05) is 17.5 Å². The number of ether oxygens (including phenoxy) is 1. The van der Waals surface area contributed by atoms with E-state index < -0.39 is 0 Å². The van der Waals surface area contributed by atoms with Gasteiger partial charge < -0.3 is 4.74 Å². The molecule has 0 fully saturated rings. The van der Waals surface area contributed by atoms with Gasteiger partial charge in [-0.25, -0.2) is 0 Å². The van der Waals surface area contributed by atoms with Crippen LogP contribution in [0.4, 0.5) is 0 Å². The molecule has 0 N–H and O–H groups in total. The van der Waals surface area contributed by atoms with Crippen molar-refractivity contribution in [2.75, 3.05) is 0 Å². The van der Waals surface area contributed by atoms with Gasteiger partial charge >= 0.3 is 0 Å². The molecule has 1 aromatic rings. The summed E-state index contributed by atoms with van der Waals surface area (Å²) in [6.45, 7) is 4.16. The van der Waals surface area contributed by atoms with Crippen LogP contribution < -0.4 is 4.74 Å². The van der Waals surface area contributed by atoms with Gasteiger partial charge in [-0.2, -0.15) is 0 Å². The maximum atomic E-state index is 11.7. The Morgan fingerprint density at radius 3 is 2.94 bits per heavy atom. The Morgan fingerprint density at radius 2 is 2.19 bits per heavy atom. The van der Waals surface area contributed by atoms with Crippen molar-refractivity contribution >= 4 is 5.78 Å². The zero-order valence-electron chi connectivity index (χ0n) is 9.95. The second-order valence-corrected chi connectivity index (χ2v) is 4.40. The van der Waals surface area contributed by atoms with Crippen molar-refractivity contribution in [2.24, 2.45) is 0 Å². The highest BCUT2D eigenvalue weighted by molar-refractivity contribution is 5.99. The van der Waals surface area contributed by atoms with Gasteiger partial charge in [-0.1, -0.05) is 19.1 Å². The lowest BCUT2D eigenvalue weighted by molar-refractivity contribution is 0.0970. The van der Waals surface area contributed by atoms with E-state index in [1.54, 1.807) is 0 Å². The number of ketones is 1. The summed E-state index contributed by atoms with van der Waals surface area (Å²) in [6, 6.07) is 5.81. The maximum absolute atomic E-state index is 11.7.